The first-order valence-electron chi connectivity index (χ1n) is 0.730. The number of hydrogen-bond donors (Lipinski definition) is 0. The maximum absolute atomic E-state index is 8.55. The molecule has 0 rings (SSSR count). The van der Waals surface area contributed by atoms with Gasteiger partial charge in [-0.2, -0.15) is 7.82 Å². The van der Waals surface area contributed by atoms with E-state index in [1.54, 1.807) is 0 Å². The van der Waals surface area contributed by atoms with Gasteiger partial charge in [0.1, 0.15) is 0 Å². The fourth-order valence-corrected chi connectivity index (χ4v) is 0. The molecule has 0 unspecified atom stereocenters. The van der Waals surface area contributed by atoms with Crippen LogP contribution in [0, 0.1) is 0 Å². The third-order valence-electron chi connectivity index (χ3n) is 0. The third kappa shape index (κ3) is 76.8. The Kier molecular flexibility index (Phi) is 5.20. The van der Waals surface area contributed by atoms with Crippen LogP contribution in [0.4, 0.5) is 0 Å². The van der Waals surface area contributed by atoms with Crippen LogP contribution in [0.15, 0.2) is 0 Å². The molecule has 0 bridgehead atoms. The summed E-state index contributed by atoms with van der Waals surface area (Å²) in [6.45, 7) is 0. The second-order valence-corrected chi connectivity index (χ2v) is 1.34. The van der Waals surface area contributed by atoms with E-state index >= 15 is 0 Å². The number of hydrogen-bond acceptors (Lipinski definition) is 4. The Morgan fingerprint density at radius 1 is 1.17 bits per heavy atom. The molecule has 0 aromatic heterocycles. The normalized spacial score (nSPS) is 9.83. The van der Waals surface area contributed by atoms with Gasteiger partial charge in [0.2, 0.25) is 0 Å². The zero-order valence-electron chi connectivity index (χ0n) is 2.66. The van der Waals surface area contributed by atoms with Gasteiger partial charge in [-0.1, -0.05) is 0 Å². The summed E-state index contributed by atoms with van der Waals surface area (Å²) in [5, 5.41) is 0. The van der Waals surface area contributed by atoms with E-state index in [0.29, 0.717) is 0 Å². The quantitative estimate of drug-likeness (QED) is 0.344. The van der Waals surface area contributed by atoms with Gasteiger partial charge in [-0.25, -0.2) is 0 Å². The molecule has 0 aromatic carbocycles. The van der Waals surface area contributed by atoms with E-state index in [2.05, 4.69) is 0 Å². The standard InChI is InChI=1S/H3O4P.Pb.H/c1-5(2,3)4;;/h(H3,1,2,3,4);;/q;+3;/p-3. The van der Waals surface area contributed by atoms with Crippen molar-refractivity contribution in [3.63, 3.8) is 0 Å². The minimum atomic E-state index is -5.39. The maximum atomic E-state index is 8.55. The summed E-state index contributed by atoms with van der Waals surface area (Å²) >= 11 is 0. The molecule has 0 aromatic rings. The van der Waals surface area contributed by atoms with Crippen molar-refractivity contribution in [2.24, 2.45) is 0 Å². The molecule has 6 heteroatoms. The van der Waals surface area contributed by atoms with E-state index in [-0.39, 0.29) is 27.3 Å². The molecule has 0 aliphatic rings. The summed E-state index contributed by atoms with van der Waals surface area (Å²) in [6.07, 6.45) is 0. The molecule has 0 fully saturated rings. The van der Waals surface area contributed by atoms with Crippen LogP contribution in [0.2, 0.25) is 0 Å². The Bertz CT molecular complexity index is 53.7. The first-order chi connectivity index (χ1) is 2.00. The fraction of sp³-hybridized carbons (Fsp3) is 0. The van der Waals surface area contributed by atoms with Gasteiger partial charge >= 0.3 is 27.3 Å². The van der Waals surface area contributed by atoms with Crippen LogP contribution in [-0.2, 0) is 4.57 Å². The molecule has 0 radical (unpaired) electrons. The second kappa shape index (κ2) is 3.09. The van der Waals surface area contributed by atoms with Crippen LogP contribution in [-0.4, -0.2) is 27.3 Å². The molecule has 0 spiro atoms. The molecular weight excluding hydrogens is 302 g/mol. The van der Waals surface area contributed by atoms with Gasteiger partial charge in [0.05, 0.1) is 0 Å². The van der Waals surface area contributed by atoms with Crippen molar-refractivity contribution >= 4 is 35.1 Å². The van der Waals surface area contributed by atoms with Gasteiger partial charge in [0.15, 0.2) is 0 Å². The van der Waals surface area contributed by atoms with Crippen molar-refractivity contribution in [3.05, 3.63) is 0 Å². The van der Waals surface area contributed by atoms with E-state index in [1.807, 2.05) is 0 Å². The molecule has 0 aliphatic carbocycles. The molecule has 0 heterocycles. The first-order valence-corrected chi connectivity index (χ1v) is 2.19. The van der Waals surface area contributed by atoms with Crippen molar-refractivity contribution in [1.82, 2.24) is 0 Å². The van der Waals surface area contributed by atoms with Gasteiger partial charge in [-0.15, -0.1) is 0 Å². The molecular formula is HO4PPb. The monoisotopic (exact) mass is 304 g/mol. The van der Waals surface area contributed by atoms with Crippen LogP contribution in [0.3, 0.4) is 0 Å². The summed E-state index contributed by atoms with van der Waals surface area (Å²) in [6, 6.07) is 0. The molecule has 0 atom stereocenters. The van der Waals surface area contributed by atoms with E-state index < -0.39 is 7.82 Å². The second-order valence-electron chi connectivity index (χ2n) is 0.447. The zero-order valence-corrected chi connectivity index (χ0v) is 8.04. The van der Waals surface area contributed by atoms with Gasteiger partial charge in [-0.3, -0.25) is 0 Å². The van der Waals surface area contributed by atoms with E-state index in [0.717, 1.165) is 0 Å². The first kappa shape index (κ1) is 10.1. The Morgan fingerprint density at radius 3 is 1.17 bits per heavy atom. The SMILES string of the molecule is O=P([O-])([O-])[O-].[PbH+3]. The van der Waals surface area contributed by atoms with Gasteiger partial charge in [0.25, 0.3) is 0 Å². The van der Waals surface area contributed by atoms with E-state index in [4.69, 9.17) is 19.2 Å². The molecule has 0 aliphatic heterocycles. The predicted molar refractivity (Wildman–Crippen MR) is 14.8 cm³/mol. The van der Waals surface area contributed by atoms with Crippen molar-refractivity contribution in [1.29, 1.82) is 0 Å². The van der Waals surface area contributed by atoms with Gasteiger partial charge in [0, 0.05) is 0 Å². The summed E-state index contributed by atoms with van der Waals surface area (Å²) in [5.74, 6) is 0. The number of rotatable bonds is 0. The van der Waals surface area contributed by atoms with E-state index in [1.165, 1.54) is 0 Å². The third-order valence-corrected chi connectivity index (χ3v) is 0. The van der Waals surface area contributed by atoms with Crippen LogP contribution >= 0.6 is 7.82 Å². The topological polar surface area (TPSA) is 86.2 Å². The van der Waals surface area contributed by atoms with Crippen molar-refractivity contribution in [2.75, 3.05) is 0 Å². The Labute approximate surface area is 54.6 Å². The summed E-state index contributed by atoms with van der Waals surface area (Å²) in [5.41, 5.74) is 0. The van der Waals surface area contributed by atoms with Gasteiger partial charge < -0.3 is 19.2 Å². The average Bonchev–Trinajstić information content (AvgIpc) is 0.722. The Balaban J connectivity index is 0. The van der Waals surface area contributed by atoms with Gasteiger partial charge in [-0.05, 0) is 0 Å². The molecule has 0 N–H and O–H groups in total. The predicted octanol–water partition coefficient (Wildman–Crippen LogP) is -3.47. The number of phosphoric acid groups is 1. The van der Waals surface area contributed by atoms with E-state index in [9.17, 15) is 0 Å². The van der Waals surface area contributed by atoms with Crippen molar-refractivity contribution in [3.8, 4) is 0 Å². The average molecular weight is 303 g/mol. The Hall–Kier alpha value is 1.03. The Morgan fingerprint density at radius 2 is 1.17 bits per heavy atom. The summed E-state index contributed by atoms with van der Waals surface area (Å²) in [4.78, 5) is 25.6. The van der Waals surface area contributed by atoms with Crippen molar-refractivity contribution < 1.29 is 19.2 Å². The molecule has 0 saturated heterocycles. The molecule has 0 amide bonds. The molecule has 4 nitrogen and oxygen atoms in total. The summed E-state index contributed by atoms with van der Waals surface area (Å²) in [7, 11) is -5.39. The molecule has 34 valence electrons. The van der Waals surface area contributed by atoms with Crippen LogP contribution < -0.4 is 14.7 Å². The molecule has 6 heavy (non-hydrogen) atoms. The minimum absolute atomic E-state index is 0. The fourth-order valence-electron chi connectivity index (χ4n) is 0. The van der Waals surface area contributed by atoms with Crippen LogP contribution in [0.5, 0.6) is 0 Å². The van der Waals surface area contributed by atoms with Crippen molar-refractivity contribution in [2.45, 2.75) is 0 Å². The van der Waals surface area contributed by atoms with Crippen LogP contribution in [0.1, 0.15) is 0 Å². The van der Waals surface area contributed by atoms with Crippen LogP contribution in [0.25, 0.3) is 0 Å². The molecule has 0 saturated carbocycles. The zero-order chi connectivity index (χ0) is 4.50. The summed E-state index contributed by atoms with van der Waals surface area (Å²) < 4.78 is 8.55.